The SMILES string of the molecule is CCCCCCCCCCCCCC(=O)N1CCCN(c2nc(C)nc(C)c2C)CC1. The Hall–Kier alpha value is -1.65. The van der Waals surface area contributed by atoms with E-state index in [1.54, 1.807) is 0 Å². The maximum absolute atomic E-state index is 12.7. The number of hydrogen-bond donors (Lipinski definition) is 0. The Labute approximate surface area is 191 Å². The van der Waals surface area contributed by atoms with E-state index in [2.05, 4.69) is 40.5 Å². The van der Waals surface area contributed by atoms with Crippen LogP contribution >= 0.6 is 0 Å². The third-order valence-electron chi connectivity index (χ3n) is 6.62. The fourth-order valence-electron chi connectivity index (χ4n) is 4.54. The van der Waals surface area contributed by atoms with Crippen LogP contribution in [0.15, 0.2) is 0 Å². The van der Waals surface area contributed by atoms with Gasteiger partial charge in [0.1, 0.15) is 11.6 Å². The molecule has 0 bridgehead atoms. The predicted molar refractivity (Wildman–Crippen MR) is 131 cm³/mol. The highest BCUT2D eigenvalue weighted by atomic mass is 16.2. The van der Waals surface area contributed by atoms with E-state index >= 15 is 0 Å². The van der Waals surface area contributed by atoms with Crippen molar-refractivity contribution in [1.82, 2.24) is 14.9 Å². The fourth-order valence-corrected chi connectivity index (χ4v) is 4.54. The molecule has 0 aliphatic carbocycles. The minimum absolute atomic E-state index is 0.338. The van der Waals surface area contributed by atoms with Crippen LogP contribution in [0.3, 0.4) is 0 Å². The van der Waals surface area contributed by atoms with E-state index in [1.165, 1.54) is 64.2 Å². The van der Waals surface area contributed by atoms with E-state index in [9.17, 15) is 4.79 Å². The van der Waals surface area contributed by atoms with Crippen molar-refractivity contribution in [2.45, 2.75) is 111 Å². The van der Waals surface area contributed by atoms with Gasteiger partial charge in [-0.3, -0.25) is 4.79 Å². The zero-order valence-electron chi connectivity index (χ0n) is 20.7. The van der Waals surface area contributed by atoms with Gasteiger partial charge in [-0.15, -0.1) is 0 Å². The lowest BCUT2D eigenvalue weighted by atomic mass is 10.1. The van der Waals surface area contributed by atoms with Gasteiger partial charge in [-0.1, -0.05) is 71.1 Å². The highest BCUT2D eigenvalue weighted by molar-refractivity contribution is 5.76. The van der Waals surface area contributed by atoms with Crippen LogP contribution in [0.1, 0.15) is 107 Å². The summed E-state index contributed by atoms with van der Waals surface area (Å²) in [5.41, 5.74) is 2.21. The minimum Gasteiger partial charge on any atom is -0.354 e. The third-order valence-corrected chi connectivity index (χ3v) is 6.62. The monoisotopic (exact) mass is 430 g/mol. The van der Waals surface area contributed by atoms with Crippen molar-refractivity contribution in [3.8, 4) is 0 Å². The van der Waals surface area contributed by atoms with Gasteiger partial charge in [0.2, 0.25) is 5.91 Å². The van der Waals surface area contributed by atoms with E-state index in [4.69, 9.17) is 0 Å². The molecule has 0 saturated carbocycles. The molecule has 0 unspecified atom stereocenters. The van der Waals surface area contributed by atoms with Crippen molar-refractivity contribution in [2.24, 2.45) is 0 Å². The van der Waals surface area contributed by atoms with Crippen LogP contribution in [0.25, 0.3) is 0 Å². The van der Waals surface area contributed by atoms with Gasteiger partial charge in [-0.05, 0) is 33.6 Å². The van der Waals surface area contributed by atoms with E-state index in [-0.39, 0.29) is 0 Å². The molecular weight excluding hydrogens is 384 g/mol. The van der Waals surface area contributed by atoms with Crippen LogP contribution in [0.4, 0.5) is 5.82 Å². The molecule has 1 saturated heterocycles. The molecule has 0 N–H and O–H groups in total. The molecule has 176 valence electrons. The van der Waals surface area contributed by atoms with Crippen molar-refractivity contribution in [3.05, 3.63) is 17.1 Å². The number of aryl methyl sites for hydroxylation is 2. The minimum atomic E-state index is 0.338. The van der Waals surface area contributed by atoms with Crippen LogP contribution in [-0.4, -0.2) is 47.0 Å². The number of hydrogen-bond acceptors (Lipinski definition) is 4. The van der Waals surface area contributed by atoms with Crippen molar-refractivity contribution < 1.29 is 4.79 Å². The molecule has 0 spiro atoms. The molecule has 1 aliphatic rings. The highest BCUT2D eigenvalue weighted by Crippen LogP contribution is 2.21. The Morgan fingerprint density at radius 2 is 1.39 bits per heavy atom. The Morgan fingerprint density at radius 1 is 0.774 bits per heavy atom. The molecule has 0 radical (unpaired) electrons. The lowest BCUT2D eigenvalue weighted by Gasteiger charge is -2.25. The molecule has 2 heterocycles. The van der Waals surface area contributed by atoms with Crippen LogP contribution in [0.5, 0.6) is 0 Å². The second-order valence-corrected chi connectivity index (χ2v) is 9.31. The molecule has 1 aliphatic heterocycles. The average molecular weight is 431 g/mol. The Morgan fingerprint density at radius 3 is 2.03 bits per heavy atom. The number of unbranched alkanes of at least 4 members (excludes halogenated alkanes) is 10. The number of aromatic nitrogens is 2. The molecule has 5 heteroatoms. The summed E-state index contributed by atoms with van der Waals surface area (Å²) in [6.07, 6.45) is 16.2. The lowest BCUT2D eigenvalue weighted by Crippen LogP contribution is -2.35. The summed E-state index contributed by atoms with van der Waals surface area (Å²) in [7, 11) is 0. The van der Waals surface area contributed by atoms with Gasteiger partial charge >= 0.3 is 0 Å². The van der Waals surface area contributed by atoms with Gasteiger partial charge in [0.15, 0.2) is 0 Å². The Kier molecular flexibility index (Phi) is 11.9. The molecule has 31 heavy (non-hydrogen) atoms. The summed E-state index contributed by atoms with van der Waals surface area (Å²) >= 11 is 0. The van der Waals surface area contributed by atoms with Gasteiger partial charge in [-0.2, -0.15) is 0 Å². The Bertz CT molecular complexity index is 661. The van der Waals surface area contributed by atoms with Gasteiger partial charge in [0, 0.05) is 43.9 Å². The fraction of sp³-hybridized carbons (Fsp3) is 0.808. The first-order chi connectivity index (χ1) is 15.0. The summed E-state index contributed by atoms with van der Waals surface area (Å²) in [5, 5.41) is 0. The molecular formula is C26H46N4O. The average Bonchev–Trinajstić information content (AvgIpc) is 3.00. The Balaban J connectivity index is 1.61. The van der Waals surface area contributed by atoms with Crippen LogP contribution < -0.4 is 4.90 Å². The summed E-state index contributed by atoms with van der Waals surface area (Å²) in [5.74, 6) is 2.21. The van der Waals surface area contributed by atoms with Crippen molar-refractivity contribution in [3.63, 3.8) is 0 Å². The number of amides is 1. The second kappa shape index (κ2) is 14.4. The number of carbonyl (C=O) groups excluding carboxylic acids is 1. The normalized spacial score (nSPS) is 14.7. The summed E-state index contributed by atoms with van der Waals surface area (Å²) in [6, 6.07) is 0. The molecule has 0 aromatic carbocycles. The van der Waals surface area contributed by atoms with E-state index in [0.717, 1.165) is 61.9 Å². The van der Waals surface area contributed by atoms with Gasteiger partial charge in [-0.25, -0.2) is 9.97 Å². The topological polar surface area (TPSA) is 49.3 Å². The quantitative estimate of drug-likeness (QED) is 0.353. The van der Waals surface area contributed by atoms with Crippen LogP contribution in [-0.2, 0) is 4.79 Å². The van der Waals surface area contributed by atoms with E-state index in [0.29, 0.717) is 12.3 Å². The first-order valence-electron chi connectivity index (χ1n) is 12.9. The molecule has 5 nitrogen and oxygen atoms in total. The smallest absolute Gasteiger partial charge is 0.222 e. The van der Waals surface area contributed by atoms with Crippen LogP contribution in [0.2, 0.25) is 0 Å². The number of carbonyl (C=O) groups is 1. The van der Waals surface area contributed by atoms with Gasteiger partial charge < -0.3 is 9.80 Å². The predicted octanol–water partition coefficient (Wildman–Crippen LogP) is 6.14. The summed E-state index contributed by atoms with van der Waals surface area (Å²) < 4.78 is 0. The molecule has 1 fully saturated rings. The van der Waals surface area contributed by atoms with Gasteiger partial charge in [0.25, 0.3) is 0 Å². The first kappa shape index (κ1) is 25.6. The van der Waals surface area contributed by atoms with Crippen molar-refractivity contribution >= 4 is 11.7 Å². The molecule has 1 amide bonds. The molecule has 2 rings (SSSR count). The maximum atomic E-state index is 12.7. The molecule has 0 atom stereocenters. The molecule has 1 aromatic rings. The summed E-state index contributed by atoms with van der Waals surface area (Å²) in [4.78, 5) is 26.3. The molecule has 1 aromatic heterocycles. The second-order valence-electron chi connectivity index (χ2n) is 9.31. The largest absolute Gasteiger partial charge is 0.354 e. The number of nitrogens with zero attached hydrogens (tertiary/aromatic N) is 4. The zero-order valence-corrected chi connectivity index (χ0v) is 20.7. The number of anilines is 1. The summed E-state index contributed by atoms with van der Waals surface area (Å²) in [6.45, 7) is 11.9. The van der Waals surface area contributed by atoms with E-state index in [1.807, 2.05) is 6.92 Å². The van der Waals surface area contributed by atoms with E-state index < -0.39 is 0 Å². The number of rotatable bonds is 13. The zero-order chi connectivity index (χ0) is 22.5. The standard InChI is InChI=1S/C26H46N4O/c1-5-6-7-8-9-10-11-12-13-14-15-17-25(31)29-18-16-19-30(21-20-29)26-22(2)23(3)27-24(4)28-26/h5-21H2,1-4H3. The maximum Gasteiger partial charge on any atom is 0.222 e. The van der Waals surface area contributed by atoms with Crippen molar-refractivity contribution in [1.29, 1.82) is 0 Å². The van der Waals surface area contributed by atoms with Gasteiger partial charge in [0.05, 0.1) is 0 Å². The lowest BCUT2D eigenvalue weighted by molar-refractivity contribution is -0.131. The third kappa shape index (κ3) is 9.16. The first-order valence-corrected chi connectivity index (χ1v) is 12.9. The van der Waals surface area contributed by atoms with Crippen LogP contribution in [0, 0.1) is 20.8 Å². The van der Waals surface area contributed by atoms with Crippen molar-refractivity contribution in [2.75, 3.05) is 31.1 Å². The highest BCUT2D eigenvalue weighted by Gasteiger charge is 2.21.